The van der Waals surface area contributed by atoms with E-state index in [9.17, 15) is 9.90 Å². The van der Waals surface area contributed by atoms with Crippen LogP contribution in [0, 0.1) is 0 Å². The van der Waals surface area contributed by atoms with Crippen LogP contribution in [0.5, 0.6) is 0 Å². The molecule has 0 radical (unpaired) electrons. The smallest absolute Gasteiger partial charge is 0.339 e. The number of aliphatic hydroxyl groups excluding tert-OH is 1. The van der Waals surface area contributed by atoms with Crippen molar-refractivity contribution >= 4 is 28.5 Å². The highest BCUT2D eigenvalue weighted by atomic mass is 35.5. The molecule has 2 aromatic rings. The van der Waals surface area contributed by atoms with Gasteiger partial charge in [-0.2, -0.15) is 0 Å². The molecular formula is C14H16ClNO3. The van der Waals surface area contributed by atoms with Crippen molar-refractivity contribution < 1.29 is 14.6 Å². The first kappa shape index (κ1) is 13.9. The van der Waals surface area contributed by atoms with Gasteiger partial charge in [-0.25, -0.2) is 4.79 Å². The standard InChI is InChI=1S/C14H16ClNO3/c1-3-16-8-11(13(17)14(18)19-4-2)10-6-5-9(15)7-12(10)16/h5-8,13,17H,3-4H2,1-2H3. The van der Waals surface area contributed by atoms with Crippen molar-refractivity contribution in [3.8, 4) is 0 Å². The molecule has 1 unspecified atom stereocenters. The molecule has 0 aliphatic heterocycles. The molecule has 0 amide bonds. The van der Waals surface area contributed by atoms with Gasteiger partial charge in [-0.1, -0.05) is 17.7 Å². The van der Waals surface area contributed by atoms with Gasteiger partial charge in [-0.15, -0.1) is 0 Å². The normalized spacial score (nSPS) is 12.6. The van der Waals surface area contributed by atoms with Gasteiger partial charge in [0.05, 0.1) is 6.61 Å². The molecule has 0 aliphatic carbocycles. The molecule has 0 saturated carbocycles. The Morgan fingerprint density at radius 3 is 2.84 bits per heavy atom. The molecule has 19 heavy (non-hydrogen) atoms. The van der Waals surface area contributed by atoms with E-state index >= 15 is 0 Å². The van der Waals surface area contributed by atoms with E-state index in [1.54, 1.807) is 19.2 Å². The van der Waals surface area contributed by atoms with Crippen LogP contribution in [0.1, 0.15) is 25.5 Å². The van der Waals surface area contributed by atoms with Gasteiger partial charge < -0.3 is 14.4 Å². The molecule has 2 rings (SSSR count). The van der Waals surface area contributed by atoms with Gasteiger partial charge in [0, 0.05) is 34.2 Å². The zero-order chi connectivity index (χ0) is 14.0. The molecule has 1 heterocycles. The van der Waals surface area contributed by atoms with Crippen LogP contribution in [0.2, 0.25) is 5.02 Å². The molecule has 5 heteroatoms. The number of carbonyl (C=O) groups is 1. The van der Waals surface area contributed by atoms with Crippen LogP contribution < -0.4 is 0 Å². The lowest BCUT2D eigenvalue weighted by atomic mass is 10.1. The van der Waals surface area contributed by atoms with Crippen LogP contribution in [0.15, 0.2) is 24.4 Å². The summed E-state index contributed by atoms with van der Waals surface area (Å²) in [5.41, 5.74) is 1.44. The number of nitrogens with zero attached hydrogens (tertiary/aromatic N) is 1. The summed E-state index contributed by atoms with van der Waals surface area (Å²) < 4.78 is 6.79. The van der Waals surface area contributed by atoms with Crippen LogP contribution in [-0.2, 0) is 16.1 Å². The fraction of sp³-hybridized carbons (Fsp3) is 0.357. The third-order valence-electron chi connectivity index (χ3n) is 3.02. The topological polar surface area (TPSA) is 51.5 Å². The lowest BCUT2D eigenvalue weighted by Gasteiger charge is -2.08. The number of carbonyl (C=O) groups excluding carboxylic acids is 1. The summed E-state index contributed by atoms with van der Waals surface area (Å²) in [4.78, 5) is 11.6. The second-order valence-electron chi connectivity index (χ2n) is 4.19. The fourth-order valence-electron chi connectivity index (χ4n) is 2.12. The number of hydrogen-bond acceptors (Lipinski definition) is 3. The van der Waals surface area contributed by atoms with Gasteiger partial charge in [-0.05, 0) is 26.0 Å². The maximum Gasteiger partial charge on any atom is 0.339 e. The number of ether oxygens (including phenoxy) is 1. The summed E-state index contributed by atoms with van der Waals surface area (Å²) >= 11 is 5.98. The fourth-order valence-corrected chi connectivity index (χ4v) is 2.29. The average molecular weight is 282 g/mol. The van der Waals surface area contributed by atoms with Crippen molar-refractivity contribution in [2.75, 3.05) is 6.61 Å². The van der Waals surface area contributed by atoms with Crippen molar-refractivity contribution in [3.63, 3.8) is 0 Å². The first-order valence-electron chi connectivity index (χ1n) is 6.21. The summed E-state index contributed by atoms with van der Waals surface area (Å²) in [6.07, 6.45) is 0.499. The lowest BCUT2D eigenvalue weighted by molar-refractivity contribution is -0.153. The second kappa shape index (κ2) is 5.63. The highest BCUT2D eigenvalue weighted by Crippen LogP contribution is 2.29. The zero-order valence-electron chi connectivity index (χ0n) is 10.9. The van der Waals surface area contributed by atoms with Crippen molar-refractivity contribution in [3.05, 3.63) is 35.0 Å². The Kier molecular flexibility index (Phi) is 4.12. The largest absolute Gasteiger partial charge is 0.464 e. The van der Waals surface area contributed by atoms with Crippen LogP contribution in [0.3, 0.4) is 0 Å². The number of rotatable bonds is 4. The van der Waals surface area contributed by atoms with E-state index in [-0.39, 0.29) is 6.61 Å². The van der Waals surface area contributed by atoms with Crippen molar-refractivity contribution in [1.29, 1.82) is 0 Å². The first-order chi connectivity index (χ1) is 9.08. The molecule has 1 aromatic heterocycles. The molecule has 4 nitrogen and oxygen atoms in total. The van der Waals surface area contributed by atoms with E-state index in [0.717, 1.165) is 17.4 Å². The lowest BCUT2D eigenvalue weighted by Crippen LogP contribution is -2.15. The van der Waals surface area contributed by atoms with E-state index in [1.807, 2.05) is 23.6 Å². The number of aryl methyl sites for hydroxylation is 1. The van der Waals surface area contributed by atoms with E-state index in [0.29, 0.717) is 10.6 Å². The number of hydrogen-bond donors (Lipinski definition) is 1. The highest BCUT2D eigenvalue weighted by Gasteiger charge is 2.23. The molecule has 0 aliphatic rings. The Morgan fingerprint density at radius 1 is 1.47 bits per heavy atom. The quantitative estimate of drug-likeness (QED) is 0.877. The summed E-state index contributed by atoms with van der Waals surface area (Å²) in [5.74, 6) is -0.632. The van der Waals surface area contributed by atoms with Crippen LogP contribution in [0.4, 0.5) is 0 Å². The van der Waals surface area contributed by atoms with E-state index in [4.69, 9.17) is 16.3 Å². The Hall–Kier alpha value is -1.52. The first-order valence-corrected chi connectivity index (χ1v) is 6.59. The van der Waals surface area contributed by atoms with Gasteiger partial charge in [0.2, 0.25) is 0 Å². The third kappa shape index (κ3) is 2.60. The number of esters is 1. The second-order valence-corrected chi connectivity index (χ2v) is 4.62. The summed E-state index contributed by atoms with van der Waals surface area (Å²) in [6, 6.07) is 5.37. The van der Waals surface area contributed by atoms with Crippen molar-refractivity contribution in [1.82, 2.24) is 4.57 Å². The van der Waals surface area contributed by atoms with Crippen molar-refractivity contribution in [2.45, 2.75) is 26.5 Å². The predicted molar refractivity (Wildman–Crippen MR) is 74.2 cm³/mol. The molecule has 0 saturated heterocycles. The van der Waals surface area contributed by atoms with E-state index in [1.165, 1.54) is 0 Å². The Balaban J connectivity index is 2.52. The Bertz CT molecular complexity index is 606. The Labute approximate surface area is 116 Å². The predicted octanol–water partition coefficient (Wildman–Crippen LogP) is 2.91. The average Bonchev–Trinajstić information content (AvgIpc) is 2.76. The number of benzene rings is 1. The van der Waals surface area contributed by atoms with Gasteiger partial charge in [0.25, 0.3) is 0 Å². The molecule has 1 aromatic carbocycles. The summed E-state index contributed by atoms with van der Waals surface area (Å²) in [7, 11) is 0. The van der Waals surface area contributed by atoms with Gasteiger partial charge in [-0.3, -0.25) is 0 Å². The minimum Gasteiger partial charge on any atom is -0.464 e. The van der Waals surface area contributed by atoms with E-state index in [2.05, 4.69) is 0 Å². The van der Waals surface area contributed by atoms with Gasteiger partial charge in [0.15, 0.2) is 6.10 Å². The van der Waals surface area contributed by atoms with Crippen LogP contribution in [-0.4, -0.2) is 22.2 Å². The Morgan fingerprint density at radius 2 is 2.21 bits per heavy atom. The number of aliphatic hydroxyl groups is 1. The monoisotopic (exact) mass is 281 g/mol. The number of aromatic nitrogens is 1. The molecule has 0 bridgehead atoms. The maximum absolute atomic E-state index is 11.6. The minimum absolute atomic E-state index is 0.244. The summed E-state index contributed by atoms with van der Waals surface area (Å²) in [5, 5.41) is 11.5. The van der Waals surface area contributed by atoms with Crippen LogP contribution >= 0.6 is 11.6 Å². The van der Waals surface area contributed by atoms with E-state index < -0.39 is 12.1 Å². The third-order valence-corrected chi connectivity index (χ3v) is 3.26. The molecule has 0 spiro atoms. The maximum atomic E-state index is 11.6. The number of fused-ring (bicyclic) bond motifs is 1. The molecular weight excluding hydrogens is 266 g/mol. The highest BCUT2D eigenvalue weighted by molar-refractivity contribution is 6.31. The molecule has 0 fully saturated rings. The molecule has 1 N–H and O–H groups in total. The SMILES string of the molecule is CCOC(=O)C(O)c1cn(CC)c2cc(Cl)ccc12. The van der Waals surface area contributed by atoms with Gasteiger partial charge in [0.1, 0.15) is 0 Å². The van der Waals surface area contributed by atoms with Crippen LogP contribution in [0.25, 0.3) is 10.9 Å². The van der Waals surface area contributed by atoms with Gasteiger partial charge >= 0.3 is 5.97 Å². The number of halogens is 1. The molecule has 1 atom stereocenters. The minimum atomic E-state index is -1.27. The molecule has 102 valence electrons. The summed E-state index contributed by atoms with van der Waals surface area (Å²) in [6.45, 7) is 4.67. The van der Waals surface area contributed by atoms with Crippen molar-refractivity contribution in [2.24, 2.45) is 0 Å². The zero-order valence-corrected chi connectivity index (χ0v) is 11.6.